The molecule has 1 aromatic rings. The van der Waals surface area contributed by atoms with Gasteiger partial charge in [0.15, 0.2) is 0 Å². The Balaban J connectivity index is 3.07. The number of carboxylic acids is 1. The van der Waals surface area contributed by atoms with Gasteiger partial charge in [-0.15, -0.1) is 0 Å². The molecule has 17 heavy (non-hydrogen) atoms. The molecule has 0 unspecified atom stereocenters. The molecule has 0 radical (unpaired) electrons. The predicted molar refractivity (Wildman–Crippen MR) is 60.8 cm³/mol. The summed E-state index contributed by atoms with van der Waals surface area (Å²) in [6, 6.07) is 4.18. The zero-order chi connectivity index (χ0) is 12.8. The summed E-state index contributed by atoms with van der Waals surface area (Å²) in [5.74, 6) is -1.30. The number of nitro benzene ring substituents is 1. The molecule has 1 aromatic carbocycles. The van der Waals surface area contributed by atoms with Crippen LogP contribution < -0.4 is 11.1 Å². The zero-order valence-corrected chi connectivity index (χ0v) is 9.05. The largest absolute Gasteiger partial charge is 0.477 e. The number of aromatic carboxylic acids is 1. The van der Waals surface area contributed by atoms with Crippen molar-refractivity contribution in [3.05, 3.63) is 39.4 Å². The SMILES string of the molecule is NCCNCc1cccc([N+](=O)[O-])c1C(=O)O. The highest BCUT2D eigenvalue weighted by Gasteiger charge is 2.22. The number of carbonyl (C=O) groups is 1. The first-order valence-corrected chi connectivity index (χ1v) is 4.98. The van der Waals surface area contributed by atoms with E-state index < -0.39 is 16.6 Å². The van der Waals surface area contributed by atoms with Crippen molar-refractivity contribution < 1.29 is 14.8 Å². The third-order valence-electron chi connectivity index (χ3n) is 2.18. The number of carboxylic acid groups (broad SMARTS) is 1. The van der Waals surface area contributed by atoms with Crippen LogP contribution in [0.15, 0.2) is 18.2 Å². The van der Waals surface area contributed by atoms with Gasteiger partial charge in [0.2, 0.25) is 0 Å². The van der Waals surface area contributed by atoms with E-state index in [4.69, 9.17) is 10.8 Å². The average Bonchev–Trinajstić information content (AvgIpc) is 2.28. The molecule has 0 saturated carbocycles. The third kappa shape index (κ3) is 3.23. The highest BCUT2D eigenvalue weighted by Crippen LogP contribution is 2.22. The van der Waals surface area contributed by atoms with Crippen molar-refractivity contribution in [2.75, 3.05) is 13.1 Å². The zero-order valence-electron chi connectivity index (χ0n) is 9.05. The quantitative estimate of drug-likeness (QED) is 0.374. The smallest absolute Gasteiger partial charge is 0.343 e. The maximum Gasteiger partial charge on any atom is 0.343 e. The van der Waals surface area contributed by atoms with E-state index in [2.05, 4.69) is 5.32 Å². The Labute approximate surface area is 97.4 Å². The normalized spacial score (nSPS) is 10.2. The first-order valence-electron chi connectivity index (χ1n) is 4.98. The minimum absolute atomic E-state index is 0.237. The molecule has 7 nitrogen and oxygen atoms in total. The van der Waals surface area contributed by atoms with E-state index in [1.807, 2.05) is 0 Å². The van der Waals surface area contributed by atoms with Crippen LogP contribution in [0.3, 0.4) is 0 Å². The number of hydrogen-bond donors (Lipinski definition) is 3. The third-order valence-corrected chi connectivity index (χ3v) is 2.18. The summed E-state index contributed by atoms with van der Waals surface area (Å²) in [6.45, 7) is 1.17. The van der Waals surface area contributed by atoms with Crippen molar-refractivity contribution in [3.63, 3.8) is 0 Å². The average molecular weight is 239 g/mol. The van der Waals surface area contributed by atoms with E-state index in [1.165, 1.54) is 12.1 Å². The minimum Gasteiger partial charge on any atom is -0.477 e. The molecule has 0 atom stereocenters. The van der Waals surface area contributed by atoms with Gasteiger partial charge >= 0.3 is 5.97 Å². The summed E-state index contributed by atoms with van der Waals surface area (Å²) in [7, 11) is 0. The van der Waals surface area contributed by atoms with Crippen LogP contribution in [0.1, 0.15) is 15.9 Å². The van der Waals surface area contributed by atoms with Crippen LogP contribution in [0.2, 0.25) is 0 Å². The van der Waals surface area contributed by atoms with E-state index in [1.54, 1.807) is 6.07 Å². The number of nitrogens with zero attached hydrogens (tertiary/aromatic N) is 1. The summed E-state index contributed by atoms with van der Waals surface area (Å²) < 4.78 is 0. The Kier molecular flexibility index (Phi) is 4.56. The van der Waals surface area contributed by atoms with Crippen molar-refractivity contribution in [1.29, 1.82) is 0 Å². The van der Waals surface area contributed by atoms with Gasteiger partial charge in [-0.05, 0) is 5.56 Å². The first-order chi connectivity index (χ1) is 8.07. The van der Waals surface area contributed by atoms with Gasteiger partial charge in [-0.3, -0.25) is 10.1 Å². The predicted octanol–water partition coefficient (Wildman–Crippen LogP) is 0.341. The van der Waals surface area contributed by atoms with Crippen LogP contribution in [0.5, 0.6) is 0 Å². The monoisotopic (exact) mass is 239 g/mol. The Morgan fingerprint density at radius 2 is 2.24 bits per heavy atom. The number of hydrogen-bond acceptors (Lipinski definition) is 5. The maximum absolute atomic E-state index is 11.0. The van der Waals surface area contributed by atoms with E-state index >= 15 is 0 Å². The second-order valence-corrected chi connectivity index (χ2v) is 3.34. The van der Waals surface area contributed by atoms with Gasteiger partial charge in [0, 0.05) is 25.7 Å². The van der Waals surface area contributed by atoms with Gasteiger partial charge in [0.25, 0.3) is 5.69 Å². The lowest BCUT2D eigenvalue weighted by Gasteiger charge is -2.07. The van der Waals surface area contributed by atoms with Gasteiger partial charge in [-0.25, -0.2) is 4.79 Å². The number of benzene rings is 1. The standard InChI is InChI=1S/C10H13N3O4/c11-4-5-12-6-7-2-1-3-8(13(16)17)9(7)10(14)15/h1-3,12H,4-6,11H2,(H,14,15). The summed E-state index contributed by atoms with van der Waals surface area (Å²) >= 11 is 0. The van der Waals surface area contributed by atoms with E-state index in [9.17, 15) is 14.9 Å². The van der Waals surface area contributed by atoms with Crippen LogP contribution in [-0.4, -0.2) is 29.1 Å². The molecule has 0 fully saturated rings. The molecule has 0 heterocycles. The Morgan fingerprint density at radius 3 is 2.76 bits per heavy atom. The molecule has 0 aliphatic carbocycles. The second-order valence-electron chi connectivity index (χ2n) is 3.34. The lowest BCUT2D eigenvalue weighted by Crippen LogP contribution is -2.23. The number of nitrogens with one attached hydrogen (secondary N) is 1. The van der Waals surface area contributed by atoms with Gasteiger partial charge in [0.05, 0.1) is 4.92 Å². The summed E-state index contributed by atoms with van der Waals surface area (Å²) in [6.07, 6.45) is 0. The van der Waals surface area contributed by atoms with Crippen LogP contribution in [0.25, 0.3) is 0 Å². The first kappa shape index (κ1) is 13.1. The number of rotatable bonds is 6. The van der Waals surface area contributed by atoms with Crippen molar-refractivity contribution in [3.8, 4) is 0 Å². The van der Waals surface area contributed by atoms with Crippen LogP contribution in [0, 0.1) is 10.1 Å². The topological polar surface area (TPSA) is 118 Å². The summed E-state index contributed by atoms with van der Waals surface area (Å²) in [5, 5.41) is 22.6. The Hall–Kier alpha value is -1.99. The van der Waals surface area contributed by atoms with Crippen molar-refractivity contribution in [2.45, 2.75) is 6.54 Å². The van der Waals surface area contributed by atoms with Crippen LogP contribution in [0.4, 0.5) is 5.69 Å². The highest BCUT2D eigenvalue weighted by molar-refractivity contribution is 5.94. The molecular formula is C10H13N3O4. The van der Waals surface area contributed by atoms with Crippen molar-refractivity contribution >= 4 is 11.7 Å². The molecule has 0 saturated heterocycles. The van der Waals surface area contributed by atoms with Crippen LogP contribution >= 0.6 is 0 Å². The Morgan fingerprint density at radius 1 is 1.53 bits per heavy atom. The molecule has 92 valence electrons. The molecular weight excluding hydrogens is 226 g/mol. The number of nitrogens with two attached hydrogens (primary N) is 1. The van der Waals surface area contributed by atoms with Crippen LogP contribution in [-0.2, 0) is 6.54 Å². The van der Waals surface area contributed by atoms with Gasteiger partial charge in [-0.2, -0.15) is 0 Å². The molecule has 4 N–H and O–H groups in total. The maximum atomic E-state index is 11.0. The van der Waals surface area contributed by atoms with Gasteiger partial charge < -0.3 is 16.2 Å². The molecule has 1 rings (SSSR count). The van der Waals surface area contributed by atoms with Crippen molar-refractivity contribution in [1.82, 2.24) is 5.32 Å². The lowest BCUT2D eigenvalue weighted by molar-refractivity contribution is -0.385. The van der Waals surface area contributed by atoms with Crippen molar-refractivity contribution in [2.24, 2.45) is 5.73 Å². The minimum atomic E-state index is -1.30. The van der Waals surface area contributed by atoms with Gasteiger partial charge in [-0.1, -0.05) is 12.1 Å². The fourth-order valence-corrected chi connectivity index (χ4v) is 1.46. The molecule has 0 amide bonds. The van der Waals surface area contributed by atoms with E-state index in [0.29, 0.717) is 18.7 Å². The molecule has 0 aromatic heterocycles. The Bertz CT molecular complexity index is 434. The lowest BCUT2D eigenvalue weighted by atomic mass is 10.1. The van der Waals surface area contributed by atoms with E-state index in [-0.39, 0.29) is 12.1 Å². The molecule has 0 bridgehead atoms. The van der Waals surface area contributed by atoms with Gasteiger partial charge in [0.1, 0.15) is 5.56 Å². The highest BCUT2D eigenvalue weighted by atomic mass is 16.6. The molecule has 0 spiro atoms. The summed E-state index contributed by atoms with van der Waals surface area (Å²) in [4.78, 5) is 21.0. The molecule has 0 aliphatic rings. The number of nitro groups is 1. The van der Waals surface area contributed by atoms with E-state index in [0.717, 1.165) is 0 Å². The fourth-order valence-electron chi connectivity index (χ4n) is 1.46. The summed E-state index contributed by atoms with van der Waals surface area (Å²) in [5.41, 5.74) is 4.98. The fraction of sp³-hybridized carbons (Fsp3) is 0.300. The second kappa shape index (κ2) is 5.92. The molecule has 7 heteroatoms. The molecule has 0 aliphatic heterocycles.